The average Bonchev–Trinajstić information content (AvgIpc) is 2.66. The average molecular weight is 445 g/mol. The first-order chi connectivity index (χ1) is 14.0. The maximum Gasteiger partial charge on any atom is 0.191 e. The maximum atomic E-state index is 10.5. The monoisotopic (exact) mass is 444 g/mol. The number of hydrogen-bond donors (Lipinski definition) is 2. The summed E-state index contributed by atoms with van der Waals surface area (Å²) in [6.45, 7) is 16.2. The third-order valence-corrected chi connectivity index (χ3v) is 11.7. The van der Waals surface area contributed by atoms with Crippen molar-refractivity contribution in [2.45, 2.75) is 155 Å². The van der Waals surface area contributed by atoms with Gasteiger partial charge in [-0.3, -0.25) is 0 Å². The first-order valence-electron chi connectivity index (χ1n) is 13.0. The Bertz CT molecular complexity index is 392. The van der Waals surface area contributed by atoms with E-state index in [1.807, 2.05) is 6.92 Å². The van der Waals surface area contributed by atoms with Gasteiger partial charge in [-0.2, -0.15) is 0 Å². The molecule has 3 nitrogen and oxygen atoms in total. The van der Waals surface area contributed by atoms with Crippen molar-refractivity contribution in [2.75, 3.05) is 6.61 Å². The molecule has 0 saturated heterocycles. The fraction of sp³-hybridized carbons (Fsp3) is 1.00. The van der Waals surface area contributed by atoms with Crippen molar-refractivity contribution in [1.82, 2.24) is 0 Å². The van der Waals surface area contributed by atoms with Crippen LogP contribution in [0, 0.1) is 5.92 Å². The third-order valence-electron chi connectivity index (χ3n) is 7.17. The first-order valence-corrected chi connectivity index (χ1v) is 15.9. The summed E-state index contributed by atoms with van der Waals surface area (Å²) in [6.07, 6.45) is 16.1. The minimum Gasteiger partial charge on any atom is -0.417 e. The first kappa shape index (κ1) is 30.1. The van der Waals surface area contributed by atoms with Crippen molar-refractivity contribution in [1.29, 1.82) is 0 Å². The fourth-order valence-electron chi connectivity index (χ4n) is 3.63. The lowest BCUT2D eigenvalue weighted by Crippen LogP contribution is -2.41. The number of rotatable bonds is 19. The highest BCUT2D eigenvalue weighted by molar-refractivity contribution is 6.74. The van der Waals surface area contributed by atoms with Gasteiger partial charge in [-0.25, -0.2) is 0 Å². The number of aliphatic hydroxyl groups excluding tert-OH is 2. The molecule has 0 amide bonds. The Kier molecular flexibility index (Phi) is 16.7. The minimum absolute atomic E-state index is 0.0714. The van der Waals surface area contributed by atoms with E-state index in [2.05, 4.69) is 40.8 Å². The molecule has 0 radical (unpaired) electrons. The second-order valence-corrected chi connectivity index (χ2v) is 15.9. The minimum atomic E-state index is -1.73. The lowest BCUT2D eigenvalue weighted by Gasteiger charge is -2.36. The van der Waals surface area contributed by atoms with Gasteiger partial charge in [0.1, 0.15) is 0 Å². The SMILES string of the molecule is CCCCCCCCCCCCCC[C@H](O)[C@@H](O)[C@@H](C)CCO[Si](C)(C)C(C)(C)C. The van der Waals surface area contributed by atoms with Gasteiger partial charge in [0, 0.05) is 6.61 Å². The van der Waals surface area contributed by atoms with Crippen LogP contribution in [0.3, 0.4) is 0 Å². The Balaban J connectivity index is 3.72. The van der Waals surface area contributed by atoms with Crippen molar-refractivity contribution < 1.29 is 14.6 Å². The normalized spacial score (nSPS) is 15.9. The summed E-state index contributed by atoms with van der Waals surface area (Å²) in [5.74, 6) is 0.0714. The summed E-state index contributed by atoms with van der Waals surface area (Å²) in [5, 5.41) is 21.0. The zero-order valence-corrected chi connectivity index (χ0v) is 22.6. The molecule has 0 aromatic heterocycles. The molecule has 3 atom stereocenters. The Morgan fingerprint density at radius 2 is 1.17 bits per heavy atom. The Morgan fingerprint density at radius 1 is 0.733 bits per heavy atom. The quantitative estimate of drug-likeness (QED) is 0.157. The van der Waals surface area contributed by atoms with E-state index in [0.717, 1.165) is 12.8 Å². The van der Waals surface area contributed by atoms with Crippen molar-refractivity contribution in [3.05, 3.63) is 0 Å². The molecule has 0 unspecified atom stereocenters. The molecule has 0 bridgehead atoms. The molecule has 30 heavy (non-hydrogen) atoms. The number of aliphatic hydroxyl groups is 2. The molecule has 0 fully saturated rings. The van der Waals surface area contributed by atoms with Crippen LogP contribution in [0.4, 0.5) is 0 Å². The lowest BCUT2D eigenvalue weighted by molar-refractivity contribution is -0.0225. The maximum absolute atomic E-state index is 10.5. The van der Waals surface area contributed by atoms with Gasteiger partial charge in [-0.1, -0.05) is 112 Å². The zero-order chi connectivity index (χ0) is 23.0. The van der Waals surface area contributed by atoms with Gasteiger partial charge >= 0.3 is 0 Å². The van der Waals surface area contributed by atoms with Gasteiger partial charge in [-0.15, -0.1) is 0 Å². The summed E-state index contributed by atoms with van der Waals surface area (Å²) in [4.78, 5) is 0. The highest BCUT2D eigenvalue weighted by Crippen LogP contribution is 2.36. The molecule has 0 rings (SSSR count). The van der Waals surface area contributed by atoms with Crippen LogP contribution in [0.25, 0.3) is 0 Å². The molecular weight excluding hydrogens is 388 g/mol. The van der Waals surface area contributed by atoms with Gasteiger partial charge in [-0.05, 0) is 36.9 Å². The third kappa shape index (κ3) is 14.2. The molecule has 0 heterocycles. The molecule has 4 heteroatoms. The van der Waals surface area contributed by atoms with Crippen LogP contribution in [0.5, 0.6) is 0 Å². The molecule has 0 aliphatic carbocycles. The molecule has 0 aliphatic heterocycles. The van der Waals surface area contributed by atoms with Crippen molar-refractivity contribution in [3.8, 4) is 0 Å². The smallest absolute Gasteiger partial charge is 0.191 e. The van der Waals surface area contributed by atoms with Gasteiger partial charge in [0.15, 0.2) is 8.32 Å². The van der Waals surface area contributed by atoms with E-state index in [1.54, 1.807) is 0 Å². The summed E-state index contributed by atoms with van der Waals surface area (Å²) >= 11 is 0. The van der Waals surface area contributed by atoms with Crippen LogP contribution in [0.1, 0.15) is 125 Å². The highest BCUT2D eigenvalue weighted by atomic mass is 28.4. The number of hydrogen-bond acceptors (Lipinski definition) is 3. The van der Waals surface area contributed by atoms with E-state index in [-0.39, 0.29) is 11.0 Å². The summed E-state index contributed by atoms with van der Waals surface area (Å²) in [5.41, 5.74) is 0. The largest absolute Gasteiger partial charge is 0.417 e. The van der Waals surface area contributed by atoms with Crippen LogP contribution in [0.2, 0.25) is 18.1 Å². The van der Waals surface area contributed by atoms with E-state index in [1.165, 1.54) is 70.6 Å². The molecule has 0 aliphatic rings. The van der Waals surface area contributed by atoms with Crippen molar-refractivity contribution in [3.63, 3.8) is 0 Å². The van der Waals surface area contributed by atoms with E-state index < -0.39 is 20.5 Å². The second-order valence-electron chi connectivity index (χ2n) is 11.1. The van der Waals surface area contributed by atoms with Gasteiger partial charge in [0.25, 0.3) is 0 Å². The van der Waals surface area contributed by atoms with E-state index in [4.69, 9.17) is 4.43 Å². The van der Waals surface area contributed by atoms with Crippen LogP contribution in [0.15, 0.2) is 0 Å². The predicted octanol–water partition coefficient (Wildman–Crippen LogP) is 7.85. The zero-order valence-electron chi connectivity index (χ0n) is 21.6. The second kappa shape index (κ2) is 16.7. The van der Waals surface area contributed by atoms with Crippen LogP contribution in [-0.2, 0) is 4.43 Å². The standard InChI is InChI=1S/C26H56O3Si/c1-8-9-10-11-12-13-14-15-16-17-18-19-20-24(27)25(28)23(2)21-22-29-30(6,7)26(3,4)5/h23-25,27-28H,8-22H2,1-7H3/t23-,24-,25-/m0/s1. The molecular formula is C26H56O3Si. The lowest BCUT2D eigenvalue weighted by atomic mass is 9.93. The summed E-state index contributed by atoms with van der Waals surface area (Å²) in [6, 6.07) is 0. The van der Waals surface area contributed by atoms with Gasteiger partial charge in [0.2, 0.25) is 0 Å². The molecule has 182 valence electrons. The molecule has 0 aromatic carbocycles. The fourth-order valence-corrected chi connectivity index (χ4v) is 4.69. The predicted molar refractivity (Wildman–Crippen MR) is 135 cm³/mol. The van der Waals surface area contributed by atoms with E-state index >= 15 is 0 Å². The topological polar surface area (TPSA) is 49.7 Å². The van der Waals surface area contributed by atoms with Crippen LogP contribution >= 0.6 is 0 Å². The Hall–Kier alpha value is 0.0969. The molecule has 0 spiro atoms. The Morgan fingerprint density at radius 3 is 1.60 bits per heavy atom. The molecule has 0 aromatic rings. The molecule has 0 saturated carbocycles. The van der Waals surface area contributed by atoms with Crippen LogP contribution in [-0.4, -0.2) is 37.3 Å². The molecule has 2 N–H and O–H groups in total. The van der Waals surface area contributed by atoms with E-state index in [0.29, 0.717) is 13.0 Å². The van der Waals surface area contributed by atoms with Gasteiger partial charge < -0.3 is 14.6 Å². The van der Waals surface area contributed by atoms with Crippen LogP contribution < -0.4 is 0 Å². The summed E-state index contributed by atoms with van der Waals surface area (Å²) in [7, 11) is -1.73. The highest BCUT2D eigenvalue weighted by Gasteiger charge is 2.37. The van der Waals surface area contributed by atoms with E-state index in [9.17, 15) is 10.2 Å². The Labute approximate surface area is 190 Å². The van der Waals surface area contributed by atoms with Crippen molar-refractivity contribution >= 4 is 8.32 Å². The van der Waals surface area contributed by atoms with Gasteiger partial charge in [0.05, 0.1) is 12.2 Å². The number of unbranched alkanes of at least 4 members (excludes halogenated alkanes) is 11. The summed E-state index contributed by atoms with van der Waals surface area (Å²) < 4.78 is 6.22. The van der Waals surface area contributed by atoms with Crippen molar-refractivity contribution in [2.24, 2.45) is 5.92 Å².